The first-order valence-corrected chi connectivity index (χ1v) is 9.75. The molecule has 0 saturated heterocycles. The predicted octanol–water partition coefficient (Wildman–Crippen LogP) is 4.27. The quantitative estimate of drug-likeness (QED) is 0.454. The molecule has 1 aliphatic rings. The van der Waals surface area contributed by atoms with E-state index < -0.39 is 17.8 Å². The summed E-state index contributed by atoms with van der Waals surface area (Å²) in [4.78, 5) is 21.0. The minimum atomic E-state index is -0.678. The van der Waals surface area contributed by atoms with Crippen LogP contribution in [0, 0.1) is 20.2 Å². The van der Waals surface area contributed by atoms with Gasteiger partial charge in [0.1, 0.15) is 0 Å². The fraction of sp³-hybridized carbons (Fsp3) is 0.333. The van der Waals surface area contributed by atoms with Crippen LogP contribution in [0.3, 0.4) is 0 Å². The van der Waals surface area contributed by atoms with Crippen LogP contribution in [-0.2, 0) is 0 Å². The van der Waals surface area contributed by atoms with Crippen molar-refractivity contribution < 1.29 is 9.85 Å². The number of nitro benzene ring substituents is 2. The number of nitrogens with zero attached hydrogens (tertiary/aromatic N) is 2. The van der Waals surface area contributed by atoms with E-state index in [-0.39, 0.29) is 11.4 Å². The molecule has 2 aromatic rings. The van der Waals surface area contributed by atoms with E-state index in [1.165, 1.54) is 19.3 Å². The molecule has 0 radical (unpaired) electrons. The van der Waals surface area contributed by atoms with E-state index >= 15 is 0 Å². The van der Waals surface area contributed by atoms with Crippen molar-refractivity contribution in [3.05, 3.63) is 68.8 Å². The molecule has 0 unspecified atom stereocenters. The van der Waals surface area contributed by atoms with Crippen LogP contribution in [0.2, 0.25) is 0 Å². The van der Waals surface area contributed by atoms with Crippen molar-refractivity contribution in [2.45, 2.75) is 37.8 Å². The first-order valence-electron chi connectivity index (χ1n) is 8.34. The molecule has 0 spiro atoms. The Labute approximate surface area is 146 Å². The van der Waals surface area contributed by atoms with E-state index in [2.05, 4.69) is 0 Å². The molecule has 0 bridgehead atoms. The van der Waals surface area contributed by atoms with Gasteiger partial charge in [-0.3, -0.25) is 20.2 Å². The summed E-state index contributed by atoms with van der Waals surface area (Å²) in [7, 11) is -0.678. The van der Waals surface area contributed by atoms with Crippen LogP contribution in [0.25, 0.3) is 0 Å². The average molecular weight is 358 g/mol. The molecule has 6 nitrogen and oxygen atoms in total. The Balaban J connectivity index is 1.96. The third-order valence-electron chi connectivity index (χ3n) is 4.62. The number of hydrogen-bond donors (Lipinski definition) is 0. The van der Waals surface area contributed by atoms with Gasteiger partial charge in [-0.15, -0.1) is 0 Å². The van der Waals surface area contributed by atoms with E-state index in [0.717, 1.165) is 23.5 Å². The molecule has 25 heavy (non-hydrogen) atoms. The van der Waals surface area contributed by atoms with Crippen molar-refractivity contribution in [3.63, 3.8) is 0 Å². The Kier molecular flexibility index (Phi) is 5.39. The Morgan fingerprint density at radius 1 is 0.720 bits per heavy atom. The molecule has 3 rings (SSSR count). The van der Waals surface area contributed by atoms with Gasteiger partial charge in [-0.05, 0) is 61.3 Å². The summed E-state index contributed by atoms with van der Waals surface area (Å²) in [5.41, 5.74) is 0.698. The second-order valence-corrected chi connectivity index (χ2v) is 8.71. The molecule has 1 fully saturated rings. The van der Waals surface area contributed by atoms with Crippen LogP contribution in [0.5, 0.6) is 0 Å². The van der Waals surface area contributed by atoms with E-state index in [1.54, 1.807) is 24.3 Å². The van der Waals surface area contributed by atoms with Crippen LogP contribution < -0.4 is 10.6 Å². The lowest BCUT2D eigenvalue weighted by Gasteiger charge is -2.31. The van der Waals surface area contributed by atoms with Crippen LogP contribution in [0.15, 0.2) is 48.5 Å². The van der Waals surface area contributed by atoms with Crippen molar-refractivity contribution in [3.8, 4) is 0 Å². The van der Waals surface area contributed by atoms with Gasteiger partial charge in [0.05, 0.1) is 9.85 Å². The molecule has 0 N–H and O–H groups in total. The molecule has 2 aromatic carbocycles. The maximum absolute atomic E-state index is 10.9. The van der Waals surface area contributed by atoms with E-state index in [4.69, 9.17) is 0 Å². The molecule has 1 saturated carbocycles. The maximum atomic E-state index is 10.9. The molecular weight excluding hydrogens is 339 g/mol. The van der Waals surface area contributed by atoms with Gasteiger partial charge in [0, 0.05) is 24.3 Å². The van der Waals surface area contributed by atoms with Crippen molar-refractivity contribution in [1.82, 2.24) is 0 Å². The molecular formula is C18H19N2O4P. The number of non-ortho nitro benzene ring substituents is 2. The summed E-state index contributed by atoms with van der Waals surface area (Å²) in [5.74, 6) is 0. The maximum Gasteiger partial charge on any atom is 0.269 e. The highest BCUT2D eigenvalue weighted by molar-refractivity contribution is 7.73. The van der Waals surface area contributed by atoms with Crippen LogP contribution >= 0.6 is 7.92 Å². The molecule has 0 aromatic heterocycles. The standard InChI is InChI=1S/C18H19N2O4P/c21-19(22)14-6-10-17(11-7-14)25(16-4-2-1-3-5-16)18-12-8-15(9-13-18)20(23)24/h6-13,16H,1-5H2. The zero-order chi connectivity index (χ0) is 17.8. The highest BCUT2D eigenvalue weighted by Gasteiger charge is 2.27. The molecule has 1 aliphatic carbocycles. The number of nitro groups is 2. The largest absolute Gasteiger partial charge is 0.269 e. The van der Waals surface area contributed by atoms with Crippen LogP contribution in [0.4, 0.5) is 11.4 Å². The van der Waals surface area contributed by atoms with Gasteiger partial charge in [0.2, 0.25) is 0 Å². The van der Waals surface area contributed by atoms with Crippen LogP contribution in [0.1, 0.15) is 32.1 Å². The van der Waals surface area contributed by atoms with Gasteiger partial charge in [-0.1, -0.05) is 19.3 Å². The van der Waals surface area contributed by atoms with Gasteiger partial charge in [0.15, 0.2) is 0 Å². The minimum absolute atomic E-state index is 0.0889. The number of rotatable bonds is 5. The first kappa shape index (κ1) is 17.5. The Bertz CT molecular complexity index is 698. The second-order valence-electron chi connectivity index (χ2n) is 6.21. The average Bonchev–Trinajstić information content (AvgIpc) is 2.64. The summed E-state index contributed by atoms with van der Waals surface area (Å²) in [6, 6.07) is 13.6. The fourth-order valence-corrected chi connectivity index (χ4v) is 6.34. The number of hydrogen-bond acceptors (Lipinski definition) is 4. The monoisotopic (exact) mass is 358 g/mol. The smallest absolute Gasteiger partial charge is 0.258 e. The number of benzene rings is 2. The third kappa shape index (κ3) is 4.02. The third-order valence-corrected chi connectivity index (χ3v) is 7.57. The van der Waals surface area contributed by atoms with Crippen molar-refractivity contribution in [2.75, 3.05) is 0 Å². The topological polar surface area (TPSA) is 86.3 Å². The van der Waals surface area contributed by atoms with Gasteiger partial charge >= 0.3 is 0 Å². The Morgan fingerprint density at radius 3 is 1.48 bits per heavy atom. The lowest BCUT2D eigenvalue weighted by atomic mass is 10.0. The summed E-state index contributed by atoms with van der Waals surface area (Å²) in [6.45, 7) is 0. The lowest BCUT2D eigenvalue weighted by Crippen LogP contribution is -2.23. The molecule has 7 heteroatoms. The summed E-state index contributed by atoms with van der Waals surface area (Å²) < 4.78 is 0. The summed E-state index contributed by atoms with van der Waals surface area (Å²) in [5, 5.41) is 24.0. The second kappa shape index (κ2) is 7.70. The SMILES string of the molecule is O=[N+]([O-])c1ccc(P(c2ccc([N+](=O)[O-])cc2)C2CCCCC2)cc1. The van der Waals surface area contributed by atoms with E-state index in [9.17, 15) is 20.2 Å². The first-order chi connectivity index (χ1) is 12.1. The van der Waals surface area contributed by atoms with Crippen molar-refractivity contribution >= 4 is 29.9 Å². The van der Waals surface area contributed by atoms with Gasteiger partial charge in [-0.25, -0.2) is 0 Å². The van der Waals surface area contributed by atoms with Crippen molar-refractivity contribution in [2.24, 2.45) is 0 Å². The normalized spacial score (nSPS) is 15.2. The Morgan fingerprint density at radius 2 is 1.12 bits per heavy atom. The van der Waals surface area contributed by atoms with Crippen molar-refractivity contribution in [1.29, 1.82) is 0 Å². The highest BCUT2D eigenvalue weighted by atomic mass is 31.1. The van der Waals surface area contributed by atoms with Gasteiger partial charge in [-0.2, -0.15) is 0 Å². The van der Waals surface area contributed by atoms with Gasteiger partial charge in [0.25, 0.3) is 11.4 Å². The lowest BCUT2D eigenvalue weighted by molar-refractivity contribution is -0.385. The summed E-state index contributed by atoms with van der Waals surface area (Å²) >= 11 is 0. The highest BCUT2D eigenvalue weighted by Crippen LogP contribution is 2.46. The van der Waals surface area contributed by atoms with E-state index in [0.29, 0.717) is 5.66 Å². The van der Waals surface area contributed by atoms with E-state index in [1.807, 2.05) is 24.3 Å². The zero-order valence-electron chi connectivity index (χ0n) is 13.7. The minimum Gasteiger partial charge on any atom is -0.258 e. The Hall–Kier alpha value is -2.33. The summed E-state index contributed by atoms with van der Waals surface area (Å²) in [6.07, 6.45) is 5.92. The molecule has 0 atom stereocenters. The van der Waals surface area contributed by atoms with Gasteiger partial charge < -0.3 is 0 Å². The molecule has 0 amide bonds. The predicted molar refractivity (Wildman–Crippen MR) is 99.3 cm³/mol. The van der Waals surface area contributed by atoms with Crippen LogP contribution in [-0.4, -0.2) is 15.5 Å². The zero-order valence-corrected chi connectivity index (χ0v) is 14.6. The fourth-order valence-electron chi connectivity index (χ4n) is 3.38. The molecule has 130 valence electrons. The molecule has 0 heterocycles. The molecule has 0 aliphatic heterocycles.